The molecular weight excluding hydrogens is 623 g/mol. The largest absolute Gasteiger partial charge is 0.376 e. The second kappa shape index (κ2) is 15.4. The lowest BCUT2D eigenvalue weighted by Gasteiger charge is -2.27. The molecule has 4 atom stereocenters. The van der Waals surface area contributed by atoms with Crippen molar-refractivity contribution in [1.82, 2.24) is 19.5 Å². The van der Waals surface area contributed by atoms with Crippen molar-refractivity contribution in [2.45, 2.75) is 42.7 Å². The summed E-state index contributed by atoms with van der Waals surface area (Å²) in [5, 5.41) is 2.61. The van der Waals surface area contributed by atoms with Gasteiger partial charge in [0.05, 0.1) is 38.0 Å². The van der Waals surface area contributed by atoms with Crippen LogP contribution in [0.3, 0.4) is 0 Å². The number of benzene rings is 4. The zero-order valence-corrected chi connectivity index (χ0v) is 27.0. The number of amides is 1. The first-order chi connectivity index (χ1) is 23.7. The van der Waals surface area contributed by atoms with Crippen molar-refractivity contribution in [2.24, 2.45) is 0 Å². The Hall–Kier alpha value is -4.87. The quantitative estimate of drug-likeness (QED) is 0.141. The summed E-state index contributed by atoms with van der Waals surface area (Å²) in [6.07, 6.45) is 2.51. The molecule has 7 rings (SSSR count). The molecule has 4 aromatic carbocycles. The fraction of sp³-hybridized carbons (Fsp3) is 0.211. The molecule has 1 amide bonds. The molecule has 1 unspecified atom stereocenters. The highest BCUT2D eigenvalue weighted by Crippen LogP contribution is 2.47. The van der Waals surface area contributed by atoms with Crippen molar-refractivity contribution >= 4 is 34.7 Å². The summed E-state index contributed by atoms with van der Waals surface area (Å²) >= 11 is 1.72. The molecule has 1 aliphatic rings. The number of fused-ring (bicyclic) bond motifs is 1. The van der Waals surface area contributed by atoms with Gasteiger partial charge in [-0.1, -0.05) is 109 Å². The number of imidazole rings is 1. The molecule has 242 valence electrons. The van der Waals surface area contributed by atoms with Crippen LogP contribution in [0.15, 0.2) is 134 Å². The van der Waals surface area contributed by atoms with E-state index in [4.69, 9.17) is 19.2 Å². The van der Waals surface area contributed by atoms with Crippen molar-refractivity contribution in [2.75, 3.05) is 11.9 Å². The SMILES string of the molecule is O=C(Nc1ncnc2c1ncn2C1S[C@H](COCc2ccccc2)[C@H](OCc2ccccc2)[C@H]1OCc1ccccc1)c1ccccc1. The average molecular weight is 658 g/mol. The Labute approximate surface area is 283 Å². The van der Waals surface area contributed by atoms with Gasteiger partial charge in [-0.2, -0.15) is 0 Å². The molecular formula is C38H35N5O4S. The number of hydrogen-bond donors (Lipinski definition) is 1. The molecule has 1 fully saturated rings. The summed E-state index contributed by atoms with van der Waals surface area (Å²) in [4.78, 5) is 26.7. The van der Waals surface area contributed by atoms with E-state index in [0.717, 1.165) is 16.7 Å². The van der Waals surface area contributed by atoms with Crippen LogP contribution in [0.4, 0.5) is 5.82 Å². The number of carbonyl (C=O) groups is 1. The van der Waals surface area contributed by atoms with Gasteiger partial charge in [0.1, 0.15) is 23.9 Å². The lowest BCUT2D eigenvalue weighted by atomic mass is 10.1. The summed E-state index contributed by atoms with van der Waals surface area (Å²) < 4.78 is 21.8. The standard InChI is InChI=1S/C38H35N5O4S/c44-37(30-19-11-4-12-20-30)42-35-32-36(40-25-39-35)43(26-41-32)38-34(47-23-29-17-9-3-10-18-29)33(46-22-28-15-7-2-8-16-28)31(48-38)24-45-21-27-13-5-1-6-14-27/h1-20,25-26,31,33-34,38H,21-24H2,(H,39,40,42,44)/t31-,33+,34-,38?/m1/s1. The molecule has 0 bridgehead atoms. The van der Waals surface area contributed by atoms with Crippen LogP contribution in [-0.2, 0) is 34.0 Å². The van der Waals surface area contributed by atoms with Gasteiger partial charge in [-0.25, -0.2) is 15.0 Å². The third-order valence-corrected chi connectivity index (χ3v) is 9.68. The third-order valence-electron chi connectivity index (χ3n) is 8.15. The second-order valence-corrected chi connectivity index (χ2v) is 12.8. The van der Waals surface area contributed by atoms with E-state index >= 15 is 0 Å². The van der Waals surface area contributed by atoms with E-state index in [2.05, 4.69) is 51.7 Å². The summed E-state index contributed by atoms with van der Waals surface area (Å²) in [7, 11) is 0. The molecule has 1 aliphatic heterocycles. The Balaban J connectivity index is 1.19. The van der Waals surface area contributed by atoms with Gasteiger partial charge < -0.3 is 19.5 Å². The minimum atomic E-state index is -0.376. The lowest BCUT2D eigenvalue weighted by molar-refractivity contribution is -0.0913. The molecule has 1 saturated heterocycles. The van der Waals surface area contributed by atoms with Crippen LogP contribution in [0.1, 0.15) is 32.4 Å². The number of anilines is 1. The van der Waals surface area contributed by atoms with Crippen LogP contribution < -0.4 is 5.32 Å². The molecule has 10 heteroatoms. The van der Waals surface area contributed by atoms with Crippen LogP contribution in [0, 0.1) is 0 Å². The molecule has 48 heavy (non-hydrogen) atoms. The fourth-order valence-corrected chi connectivity index (χ4v) is 7.34. The highest BCUT2D eigenvalue weighted by atomic mass is 32.2. The van der Waals surface area contributed by atoms with E-state index in [9.17, 15) is 4.79 Å². The van der Waals surface area contributed by atoms with Gasteiger partial charge >= 0.3 is 0 Å². The molecule has 6 aromatic rings. The number of ether oxygens (including phenoxy) is 3. The first-order valence-electron chi connectivity index (χ1n) is 15.8. The van der Waals surface area contributed by atoms with Crippen LogP contribution in [0.2, 0.25) is 0 Å². The van der Waals surface area contributed by atoms with Crippen molar-refractivity contribution in [3.63, 3.8) is 0 Å². The average Bonchev–Trinajstić information content (AvgIpc) is 3.73. The van der Waals surface area contributed by atoms with Gasteiger partial charge in [-0.05, 0) is 28.8 Å². The fourth-order valence-electron chi connectivity index (χ4n) is 5.74. The van der Waals surface area contributed by atoms with Crippen LogP contribution in [-0.4, -0.2) is 49.5 Å². The van der Waals surface area contributed by atoms with Gasteiger partial charge in [-0.15, -0.1) is 11.8 Å². The van der Waals surface area contributed by atoms with Crippen LogP contribution >= 0.6 is 11.8 Å². The Morgan fingerprint density at radius 3 is 1.88 bits per heavy atom. The Morgan fingerprint density at radius 2 is 1.25 bits per heavy atom. The molecule has 0 spiro atoms. The molecule has 0 aliphatic carbocycles. The third kappa shape index (κ3) is 7.48. The summed E-state index contributed by atoms with van der Waals surface area (Å²) in [6, 6.07) is 39.4. The Kier molecular flexibility index (Phi) is 10.1. The van der Waals surface area contributed by atoms with E-state index in [1.165, 1.54) is 6.33 Å². The smallest absolute Gasteiger partial charge is 0.256 e. The van der Waals surface area contributed by atoms with Gasteiger partial charge in [0, 0.05) is 5.56 Å². The van der Waals surface area contributed by atoms with Crippen molar-refractivity contribution in [3.8, 4) is 0 Å². The van der Waals surface area contributed by atoms with Crippen LogP contribution in [0.5, 0.6) is 0 Å². The maximum absolute atomic E-state index is 13.0. The topological polar surface area (TPSA) is 100 Å². The Bertz CT molecular complexity index is 1910. The molecule has 1 N–H and O–H groups in total. The highest BCUT2D eigenvalue weighted by Gasteiger charge is 2.47. The summed E-state index contributed by atoms with van der Waals surface area (Å²) in [5.41, 5.74) is 4.87. The number of rotatable bonds is 13. The second-order valence-electron chi connectivity index (χ2n) is 11.5. The molecule has 0 radical (unpaired) electrons. The van der Waals surface area contributed by atoms with E-state index in [1.54, 1.807) is 30.2 Å². The van der Waals surface area contributed by atoms with E-state index in [1.807, 2.05) is 77.4 Å². The van der Waals surface area contributed by atoms with Crippen molar-refractivity contribution in [3.05, 3.63) is 156 Å². The molecule has 2 aromatic heterocycles. The monoisotopic (exact) mass is 657 g/mol. The number of carbonyl (C=O) groups excluding carboxylic acids is 1. The van der Waals surface area contributed by atoms with Gasteiger partial charge in [0.25, 0.3) is 5.91 Å². The number of nitrogens with one attached hydrogen (secondary N) is 1. The van der Waals surface area contributed by atoms with Crippen molar-refractivity contribution < 1.29 is 19.0 Å². The summed E-state index contributed by atoms with van der Waals surface area (Å²) in [5.74, 6) is 0.0754. The maximum Gasteiger partial charge on any atom is 0.256 e. The lowest BCUT2D eigenvalue weighted by Crippen LogP contribution is -2.38. The summed E-state index contributed by atoms with van der Waals surface area (Å²) in [6.45, 7) is 1.79. The minimum absolute atomic E-state index is 0.0558. The van der Waals surface area contributed by atoms with E-state index in [0.29, 0.717) is 49.0 Å². The molecule has 9 nitrogen and oxygen atoms in total. The van der Waals surface area contributed by atoms with Gasteiger partial charge in [0.2, 0.25) is 0 Å². The van der Waals surface area contributed by atoms with Gasteiger partial charge in [-0.3, -0.25) is 9.36 Å². The number of aromatic nitrogens is 4. The Morgan fingerprint density at radius 1 is 0.688 bits per heavy atom. The molecule has 0 saturated carbocycles. The van der Waals surface area contributed by atoms with Crippen molar-refractivity contribution in [1.29, 1.82) is 0 Å². The first-order valence-corrected chi connectivity index (χ1v) is 16.8. The first kappa shape index (κ1) is 31.7. The predicted octanol–water partition coefficient (Wildman–Crippen LogP) is 7.08. The van der Waals surface area contributed by atoms with Gasteiger partial charge in [0.15, 0.2) is 17.0 Å². The zero-order valence-electron chi connectivity index (χ0n) is 26.2. The predicted molar refractivity (Wildman–Crippen MR) is 186 cm³/mol. The normalized spacial score (nSPS) is 19.0. The maximum atomic E-state index is 13.0. The van der Waals surface area contributed by atoms with Crippen LogP contribution in [0.25, 0.3) is 11.2 Å². The van der Waals surface area contributed by atoms with E-state index < -0.39 is 0 Å². The van der Waals surface area contributed by atoms with E-state index in [-0.39, 0.29) is 28.7 Å². The zero-order chi connectivity index (χ0) is 32.5. The highest BCUT2D eigenvalue weighted by molar-refractivity contribution is 8.00. The number of hydrogen-bond acceptors (Lipinski definition) is 8. The molecule has 3 heterocycles. The number of thioether (sulfide) groups is 1. The minimum Gasteiger partial charge on any atom is -0.376 e. The number of nitrogens with zero attached hydrogens (tertiary/aromatic N) is 4.